The van der Waals surface area contributed by atoms with E-state index < -0.39 is 0 Å². The van der Waals surface area contributed by atoms with Gasteiger partial charge in [-0.2, -0.15) is 0 Å². The summed E-state index contributed by atoms with van der Waals surface area (Å²) >= 11 is 1.70. The molecule has 0 N–H and O–H groups in total. The zero-order valence-corrected chi connectivity index (χ0v) is 11.4. The van der Waals surface area contributed by atoms with Gasteiger partial charge in [0, 0.05) is 39.4 Å². The van der Waals surface area contributed by atoms with E-state index >= 15 is 0 Å². The second-order valence-electron chi connectivity index (χ2n) is 4.84. The monoisotopic (exact) mass is 264 g/mol. The van der Waals surface area contributed by atoms with Crippen molar-refractivity contribution in [2.45, 2.75) is 11.9 Å². The maximum atomic E-state index is 10.7. The van der Waals surface area contributed by atoms with Crippen molar-refractivity contribution in [3.8, 4) is 0 Å². The third-order valence-corrected chi connectivity index (χ3v) is 4.38. The molecule has 18 heavy (non-hydrogen) atoms. The minimum absolute atomic E-state index is 0.803. The van der Waals surface area contributed by atoms with Gasteiger partial charge in [-0.3, -0.25) is 4.79 Å². The molecule has 0 bridgehead atoms. The summed E-state index contributed by atoms with van der Waals surface area (Å²) in [6.45, 7) is 5.50. The van der Waals surface area contributed by atoms with Crippen LogP contribution in [0.5, 0.6) is 0 Å². The van der Waals surface area contributed by atoms with Gasteiger partial charge in [-0.1, -0.05) is 0 Å². The predicted octanol–water partition coefficient (Wildman–Crippen LogP) is 0.820. The standard InChI is InChI=1S/C12H16N4OS/c1-9-13-12(7-14(9)2)18-16-5-10-3-15(8-17)4-11(10)6-16/h7-8H,3-6H2,1-2H3. The fourth-order valence-electron chi connectivity index (χ4n) is 2.42. The fourth-order valence-corrected chi connectivity index (χ4v) is 3.50. The van der Waals surface area contributed by atoms with E-state index in [1.165, 1.54) is 11.1 Å². The maximum absolute atomic E-state index is 10.7. The number of amides is 1. The maximum Gasteiger partial charge on any atom is 0.210 e. The third-order valence-electron chi connectivity index (χ3n) is 3.48. The van der Waals surface area contributed by atoms with Crippen molar-refractivity contribution < 1.29 is 4.79 Å². The Kier molecular flexibility index (Phi) is 2.91. The van der Waals surface area contributed by atoms with Crippen LogP contribution in [0.1, 0.15) is 5.82 Å². The Balaban J connectivity index is 1.61. The van der Waals surface area contributed by atoms with Crippen LogP contribution in [0.15, 0.2) is 22.4 Å². The second kappa shape index (κ2) is 4.44. The fraction of sp³-hybridized carbons (Fsp3) is 0.500. The van der Waals surface area contributed by atoms with Crippen LogP contribution in [0.3, 0.4) is 0 Å². The molecule has 2 aliphatic heterocycles. The van der Waals surface area contributed by atoms with E-state index in [2.05, 4.69) is 15.5 Å². The molecule has 0 aromatic carbocycles. The van der Waals surface area contributed by atoms with Crippen LogP contribution < -0.4 is 0 Å². The van der Waals surface area contributed by atoms with Gasteiger partial charge in [0.05, 0.1) is 0 Å². The molecule has 0 fully saturated rings. The number of nitrogens with zero attached hydrogens (tertiary/aromatic N) is 4. The van der Waals surface area contributed by atoms with E-state index in [0.717, 1.165) is 43.4 Å². The number of hydrogen-bond acceptors (Lipinski definition) is 4. The highest BCUT2D eigenvalue weighted by atomic mass is 32.2. The lowest BCUT2D eigenvalue weighted by molar-refractivity contribution is -0.117. The Bertz CT molecular complexity index is 485. The number of carbonyl (C=O) groups excluding carboxylic acids is 1. The zero-order valence-electron chi connectivity index (χ0n) is 10.6. The van der Waals surface area contributed by atoms with Crippen molar-refractivity contribution in [2.24, 2.45) is 7.05 Å². The molecule has 6 heteroatoms. The Morgan fingerprint density at radius 2 is 1.94 bits per heavy atom. The minimum atomic E-state index is 0.803. The third kappa shape index (κ3) is 2.06. The largest absolute Gasteiger partial charge is 0.337 e. The van der Waals surface area contributed by atoms with Crippen LogP contribution in [-0.2, 0) is 11.8 Å². The van der Waals surface area contributed by atoms with Gasteiger partial charge in [0.25, 0.3) is 0 Å². The summed E-state index contributed by atoms with van der Waals surface area (Å²) in [4.78, 5) is 17.0. The summed E-state index contributed by atoms with van der Waals surface area (Å²) in [6.07, 6.45) is 3.00. The number of carbonyl (C=O) groups is 1. The molecule has 0 saturated heterocycles. The molecule has 0 radical (unpaired) electrons. The molecule has 1 amide bonds. The van der Waals surface area contributed by atoms with Gasteiger partial charge in [-0.05, 0) is 30.0 Å². The summed E-state index contributed by atoms with van der Waals surface area (Å²) in [6, 6.07) is 0. The van der Waals surface area contributed by atoms with Gasteiger partial charge >= 0.3 is 0 Å². The quantitative estimate of drug-likeness (QED) is 0.460. The van der Waals surface area contributed by atoms with E-state index in [0.29, 0.717) is 0 Å². The molecular weight excluding hydrogens is 248 g/mol. The molecule has 0 spiro atoms. The topological polar surface area (TPSA) is 41.4 Å². The van der Waals surface area contributed by atoms with Crippen LogP contribution in [0.2, 0.25) is 0 Å². The average Bonchev–Trinajstić information content (AvgIpc) is 2.93. The molecule has 96 valence electrons. The van der Waals surface area contributed by atoms with Crippen molar-refractivity contribution in [3.63, 3.8) is 0 Å². The summed E-state index contributed by atoms with van der Waals surface area (Å²) < 4.78 is 4.35. The van der Waals surface area contributed by atoms with Gasteiger partial charge in [0.2, 0.25) is 6.41 Å². The van der Waals surface area contributed by atoms with Crippen molar-refractivity contribution in [1.82, 2.24) is 18.8 Å². The first-order chi connectivity index (χ1) is 8.65. The van der Waals surface area contributed by atoms with Crippen molar-refractivity contribution in [1.29, 1.82) is 0 Å². The van der Waals surface area contributed by atoms with Crippen molar-refractivity contribution >= 4 is 18.4 Å². The van der Waals surface area contributed by atoms with Crippen LogP contribution in [0.25, 0.3) is 0 Å². The summed E-state index contributed by atoms with van der Waals surface area (Å²) in [7, 11) is 2.01. The van der Waals surface area contributed by atoms with Crippen molar-refractivity contribution in [2.75, 3.05) is 26.2 Å². The van der Waals surface area contributed by atoms with Gasteiger partial charge < -0.3 is 9.47 Å². The van der Waals surface area contributed by atoms with Gasteiger partial charge in [0.1, 0.15) is 10.9 Å². The predicted molar refractivity (Wildman–Crippen MR) is 70.0 cm³/mol. The van der Waals surface area contributed by atoms with Gasteiger partial charge in [-0.15, -0.1) is 0 Å². The molecule has 3 heterocycles. The molecule has 5 nitrogen and oxygen atoms in total. The minimum Gasteiger partial charge on any atom is -0.337 e. The molecule has 0 atom stereocenters. The van der Waals surface area contributed by atoms with E-state index in [9.17, 15) is 4.79 Å². The van der Waals surface area contributed by atoms with E-state index in [-0.39, 0.29) is 0 Å². The summed E-state index contributed by atoms with van der Waals surface area (Å²) in [5.41, 5.74) is 2.81. The smallest absolute Gasteiger partial charge is 0.210 e. The Morgan fingerprint density at radius 3 is 2.44 bits per heavy atom. The van der Waals surface area contributed by atoms with E-state index in [4.69, 9.17) is 0 Å². The van der Waals surface area contributed by atoms with Crippen LogP contribution >= 0.6 is 11.9 Å². The second-order valence-corrected chi connectivity index (χ2v) is 5.96. The zero-order chi connectivity index (χ0) is 12.7. The van der Waals surface area contributed by atoms with Gasteiger partial charge in [-0.25, -0.2) is 9.29 Å². The average molecular weight is 264 g/mol. The lowest BCUT2D eigenvalue weighted by Crippen LogP contribution is -2.25. The Hall–Kier alpha value is -1.27. The van der Waals surface area contributed by atoms with Crippen molar-refractivity contribution in [3.05, 3.63) is 23.2 Å². The number of imidazole rings is 1. The van der Waals surface area contributed by atoms with Crippen LogP contribution in [0, 0.1) is 6.92 Å². The number of aryl methyl sites for hydroxylation is 2. The van der Waals surface area contributed by atoms with E-state index in [1.807, 2.05) is 23.4 Å². The number of rotatable bonds is 3. The van der Waals surface area contributed by atoms with E-state index in [1.54, 1.807) is 11.9 Å². The van der Waals surface area contributed by atoms with Crippen LogP contribution in [-0.4, -0.2) is 51.3 Å². The summed E-state index contributed by atoms with van der Waals surface area (Å²) in [5.74, 6) is 1.03. The highest BCUT2D eigenvalue weighted by Crippen LogP contribution is 2.32. The number of hydrogen-bond donors (Lipinski definition) is 0. The molecule has 0 unspecified atom stereocenters. The molecular formula is C12H16N4OS. The molecule has 2 aliphatic rings. The van der Waals surface area contributed by atoms with Gasteiger partial charge in [0.15, 0.2) is 0 Å². The SMILES string of the molecule is Cc1nc(SN2CC3=C(CN(C=O)C3)C2)cn1C. The number of aromatic nitrogens is 2. The Labute approximate surface area is 111 Å². The molecule has 1 aromatic rings. The first kappa shape index (κ1) is 11.8. The highest BCUT2D eigenvalue weighted by Gasteiger charge is 2.29. The normalized spacial score (nSPS) is 19.8. The molecule has 3 rings (SSSR count). The summed E-state index contributed by atoms with van der Waals surface area (Å²) in [5, 5.41) is 1.04. The molecule has 1 aromatic heterocycles. The highest BCUT2D eigenvalue weighted by molar-refractivity contribution is 7.97. The Morgan fingerprint density at radius 1 is 1.28 bits per heavy atom. The first-order valence-electron chi connectivity index (χ1n) is 5.97. The molecule has 0 saturated carbocycles. The van der Waals surface area contributed by atoms with Crippen LogP contribution in [0.4, 0.5) is 0 Å². The first-order valence-corrected chi connectivity index (χ1v) is 6.75. The molecule has 0 aliphatic carbocycles. The lowest BCUT2D eigenvalue weighted by atomic mass is 10.2. The lowest BCUT2D eigenvalue weighted by Gasteiger charge is -2.18.